The average Bonchev–Trinajstić information content (AvgIpc) is 3.22. The summed E-state index contributed by atoms with van der Waals surface area (Å²) >= 11 is 0. The Kier molecular flexibility index (Phi) is 7.05. The molecule has 4 rings (SSSR count). The summed E-state index contributed by atoms with van der Waals surface area (Å²) in [6.45, 7) is 5.75. The lowest BCUT2D eigenvalue weighted by molar-refractivity contribution is -0.151. The fourth-order valence-electron chi connectivity index (χ4n) is 4.06. The molecule has 0 saturated carbocycles. The van der Waals surface area contributed by atoms with Crippen LogP contribution in [0.1, 0.15) is 43.1 Å². The summed E-state index contributed by atoms with van der Waals surface area (Å²) in [5.41, 5.74) is 4.63. The fraction of sp³-hybridized carbons (Fsp3) is 0.286. The Bertz CT molecular complexity index is 1310. The number of ether oxygens (including phenoxy) is 1. The number of benzene rings is 3. The Morgan fingerprint density at radius 1 is 0.972 bits per heavy atom. The predicted octanol–water partition coefficient (Wildman–Crippen LogP) is 3.81. The van der Waals surface area contributed by atoms with Gasteiger partial charge in [0.1, 0.15) is 0 Å². The molecule has 2 N–H and O–H groups in total. The molecule has 1 atom stereocenters. The van der Waals surface area contributed by atoms with Crippen LogP contribution in [0.2, 0.25) is 0 Å². The molecule has 8 nitrogen and oxygen atoms in total. The smallest absolute Gasteiger partial charge is 0.311 e. The van der Waals surface area contributed by atoms with E-state index in [9.17, 15) is 19.2 Å². The van der Waals surface area contributed by atoms with Gasteiger partial charge in [-0.15, -0.1) is 0 Å². The first kappa shape index (κ1) is 24.9. The maximum Gasteiger partial charge on any atom is 0.311 e. The zero-order valence-electron chi connectivity index (χ0n) is 20.5. The van der Waals surface area contributed by atoms with Crippen LogP contribution in [0.4, 0.5) is 5.69 Å². The van der Waals surface area contributed by atoms with E-state index in [2.05, 4.69) is 31.5 Å². The Hall–Kier alpha value is -4.20. The third-order valence-corrected chi connectivity index (χ3v) is 6.12. The van der Waals surface area contributed by atoms with E-state index in [1.54, 1.807) is 18.2 Å². The van der Waals surface area contributed by atoms with Gasteiger partial charge in [-0.1, -0.05) is 69.3 Å². The number of hydrazine groups is 1. The molecule has 8 heteroatoms. The highest BCUT2D eigenvalue weighted by Crippen LogP contribution is 2.24. The van der Waals surface area contributed by atoms with Gasteiger partial charge in [0.2, 0.25) is 5.91 Å². The molecule has 36 heavy (non-hydrogen) atoms. The fourth-order valence-corrected chi connectivity index (χ4v) is 4.06. The molecular formula is C28H29N3O5. The van der Waals surface area contributed by atoms with Gasteiger partial charge < -0.3 is 10.1 Å². The van der Waals surface area contributed by atoms with E-state index in [0.29, 0.717) is 11.3 Å². The summed E-state index contributed by atoms with van der Waals surface area (Å²) in [7, 11) is 0. The van der Waals surface area contributed by atoms with Crippen molar-refractivity contribution in [2.24, 2.45) is 5.92 Å². The van der Waals surface area contributed by atoms with E-state index in [1.807, 2.05) is 48.5 Å². The molecule has 1 fully saturated rings. The van der Waals surface area contributed by atoms with Gasteiger partial charge in [-0.05, 0) is 34.6 Å². The number of hydrogen-bond acceptors (Lipinski definition) is 5. The summed E-state index contributed by atoms with van der Waals surface area (Å²) in [4.78, 5) is 49.8. The molecule has 3 aromatic rings. The molecule has 0 spiro atoms. The molecule has 186 valence electrons. The minimum absolute atomic E-state index is 0.0194. The Morgan fingerprint density at radius 2 is 1.67 bits per heavy atom. The summed E-state index contributed by atoms with van der Waals surface area (Å²) in [6, 6.07) is 20.3. The second kappa shape index (κ2) is 10.2. The first-order valence-electron chi connectivity index (χ1n) is 11.8. The van der Waals surface area contributed by atoms with Gasteiger partial charge in [-0.3, -0.25) is 29.6 Å². The lowest BCUT2D eigenvalue weighted by Gasteiger charge is -2.20. The van der Waals surface area contributed by atoms with Crippen molar-refractivity contribution in [3.05, 3.63) is 77.9 Å². The summed E-state index contributed by atoms with van der Waals surface area (Å²) in [5.74, 6) is -2.74. The minimum atomic E-state index is -0.772. The molecule has 0 aliphatic carbocycles. The first-order valence-corrected chi connectivity index (χ1v) is 11.8. The number of esters is 1. The van der Waals surface area contributed by atoms with Crippen molar-refractivity contribution in [1.82, 2.24) is 10.4 Å². The van der Waals surface area contributed by atoms with E-state index in [-0.39, 0.29) is 18.4 Å². The van der Waals surface area contributed by atoms with Crippen LogP contribution < -0.4 is 10.7 Å². The van der Waals surface area contributed by atoms with Crippen LogP contribution in [-0.4, -0.2) is 41.9 Å². The Labute approximate surface area is 209 Å². The number of rotatable bonds is 6. The standard InChI is InChI=1S/C28H29N3O5/c1-28(2,3)21-13-11-19(12-14-21)26(34)30-31-16-20(15-25(31)33)27(35)36-17-24(32)29-23-10-6-8-18-7-4-5-9-22(18)23/h4-14,20H,15-17H2,1-3H3,(H,29,32)(H,30,34)/t20-/m0/s1. The van der Waals surface area contributed by atoms with Crippen molar-refractivity contribution in [3.63, 3.8) is 0 Å². The molecular weight excluding hydrogens is 458 g/mol. The molecule has 0 aromatic heterocycles. The SMILES string of the molecule is CC(C)(C)c1ccc(C(=O)NN2C[C@@H](C(=O)OCC(=O)Nc3cccc4ccccc34)CC2=O)cc1. The highest BCUT2D eigenvalue weighted by Gasteiger charge is 2.36. The summed E-state index contributed by atoms with van der Waals surface area (Å²) in [5, 5.41) is 5.73. The van der Waals surface area contributed by atoms with Gasteiger partial charge in [0, 0.05) is 23.1 Å². The highest BCUT2D eigenvalue weighted by atomic mass is 16.5. The van der Waals surface area contributed by atoms with E-state index in [1.165, 1.54) is 0 Å². The number of amides is 3. The second-order valence-electron chi connectivity index (χ2n) is 9.86. The van der Waals surface area contributed by atoms with Crippen molar-refractivity contribution in [2.75, 3.05) is 18.5 Å². The number of fused-ring (bicyclic) bond motifs is 1. The molecule has 1 aliphatic heterocycles. The number of anilines is 1. The van der Waals surface area contributed by atoms with Crippen molar-refractivity contribution < 1.29 is 23.9 Å². The van der Waals surface area contributed by atoms with Gasteiger partial charge in [0.05, 0.1) is 12.5 Å². The largest absolute Gasteiger partial charge is 0.455 e. The van der Waals surface area contributed by atoms with Crippen LogP contribution in [-0.2, 0) is 24.5 Å². The summed E-state index contributed by atoms with van der Waals surface area (Å²) < 4.78 is 5.16. The predicted molar refractivity (Wildman–Crippen MR) is 136 cm³/mol. The second-order valence-corrected chi connectivity index (χ2v) is 9.86. The molecule has 1 saturated heterocycles. The average molecular weight is 488 g/mol. The van der Waals surface area contributed by atoms with Gasteiger partial charge >= 0.3 is 5.97 Å². The normalized spacial score (nSPS) is 15.6. The van der Waals surface area contributed by atoms with Crippen LogP contribution in [0.15, 0.2) is 66.7 Å². The molecule has 3 amide bonds. The number of nitrogens with zero attached hydrogens (tertiary/aromatic N) is 1. The number of carbonyl (C=O) groups excluding carboxylic acids is 4. The van der Waals surface area contributed by atoms with Crippen LogP contribution in [0.3, 0.4) is 0 Å². The van der Waals surface area contributed by atoms with Crippen LogP contribution in [0, 0.1) is 5.92 Å². The third-order valence-electron chi connectivity index (χ3n) is 6.12. The molecule has 0 bridgehead atoms. The zero-order chi connectivity index (χ0) is 25.9. The Balaban J connectivity index is 1.28. The number of nitrogens with one attached hydrogen (secondary N) is 2. The van der Waals surface area contributed by atoms with Crippen LogP contribution in [0.25, 0.3) is 10.8 Å². The molecule has 3 aromatic carbocycles. The number of carbonyl (C=O) groups is 4. The van der Waals surface area contributed by atoms with E-state index in [4.69, 9.17) is 4.74 Å². The zero-order valence-corrected chi connectivity index (χ0v) is 20.5. The maximum atomic E-state index is 12.6. The van der Waals surface area contributed by atoms with Gasteiger partial charge in [0.25, 0.3) is 11.8 Å². The quantitative estimate of drug-likeness (QED) is 0.515. The highest BCUT2D eigenvalue weighted by molar-refractivity contribution is 6.03. The summed E-state index contributed by atoms with van der Waals surface area (Å²) in [6.07, 6.45) is -0.104. The van der Waals surface area contributed by atoms with Gasteiger partial charge in [0.15, 0.2) is 6.61 Å². The van der Waals surface area contributed by atoms with Gasteiger partial charge in [-0.25, -0.2) is 0 Å². The van der Waals surface area contributed by atoms with E-state index in [0.717, 1.165) is 21.3 Å². The lowest BCUT2D eigenvalue weighted by Crippen LogP contribution is -2.43. The van der Waals surface area contributed by atoms with Gasteiger partial charge in [-0.2, -0.15) is 0 Å². The number of hydrogen-bond donors (Lipinski definition) is 2. The topological polar surface area (TPSA) is 105 Å². The van der Waals surface area contributed by atoms with E-state index >= 15 is 0 Å². The van der Waals surface area contributed by atoms with Crippen molar-refractivity contribution in [2.45, 2.75) is 32.6 Å². The first-order chi connectivity index (χ1) is 17.1. The monoisotopic (exact) mass is 487 g/mol. The molecule has 0 radical (unpaired) electrons. The maximum absolute atomic E-state index is 12.6. The van der Waals surface area contributed by atoms with Crippen LogP contribution in [0.5, 0.6) is 0 Å². The minimum Gasteiger partial charge on any atom is -0.455 e. The lowest BCUT2D eigenvalue weighted by atomic mass is 9.87. The van der Waals surface area contributed by atoms with Crippen molar-refractivity contribution in [3.8, 4) is 0 Å². The van der Waals surface area contributed by atoms with Crippen molar-refractivity contribution >= 4 is 40.2 Å². The van der Waals surface area contributed by atoms with Crippen LogP contribution >= 0.6 is 0 Å². The van der Waals surface area contributed by atoms with Crippen molar-refractivity contribution in [1.29, 1.82) is 0 Å². The van der Waals surface area contributed by atoms with E-state index < -0.39 is 36.2 Å². The molecule has 1 heterocycles. The third kappa shape index (κ3) is 5.71. The molecule has 0 unspecified atom stereocenters. The molecule has 1 aliphatic rings. The Morgan fingerprint density at radius 3 is 2.39 bits per heavy atom.